The lowest BCUT2D eigenvalue weighted by Gasteiger charge is -2.52. The third-order valence-electron chi connectivity index (χ3n) is 8.15. The van der Waals surface area contributed by atoms with Gasteiger partial charge in [0.1, 0.15) is 28.2 Å². The average Bonchev–Trinajstić information content (AvgIpc) is 3.01. The molecule has 0 amide bonds. The molecule has 0 N–H and O–H groups in total. The molecule has 0 radical (unpaired) electrons. The SMILES string of the molecule is COc1ccc(OC)c(CN(c2cccc(F)n2)S(=O)(=O)c2c(F)cc(N3CC(CCN(C)C)(c4ccccc4)C3)c(Cl)c2F)c1. The molecule has 0 aliphatic carbocycles. The molecule has 244 valence electrons. The van der Waals surface area contributed by atoms with Crippen LogP contribution in [0.1, 0.15) is 17.5 Å². The van der Waals surface area contributed by atoms with Gasteiger partial charge in [0.15, 0.2) is 10.7 Å². The van der Waals surface area contributed by atoms with Crippen molar-refractivity contribution in [3.8, 4) is 11.5 Å². The van der Waals surface area contributed by atoms with Gasteiger partial charge in [-0.2, -0.15) is 4.39 Å². The summed E-state index contributed by atoms with van der Waals surface area (Å²) in [7, 11) is 1.69. The molecule has 2 heterocycles. The Bertz CT molecular complexity index is 1820. The van der Waals surface area contributed by atoms with Crippen LogP contribution in [0, 0.1) is 17.6 Å². The van der Waals surface area contributed by atoms with Crippen LogP contribution in [0.2, 0.25) is 5.02 Å². The number of anilines is 2. The molecule has 4 aromatic rings. The summed E-state index contributed by atoms with van der Waals surface area (Å²) in [6.07, 6.45) is 0.791. The smallest absolute Gasteiger partial charge is 0.271 e. The van der Waals surface area contributed by atoms with E-state index in [1.54, 1.807) is 17.0 Å². The van der Waals surface area contributed by atoms with E-state index in [2.05, 4.69) is 9.88 Å². The summed E-state index contributed by atoms with van der Waals surface area (Å²) >= 11 is 6.49. The third kappa shape index (κ3) is 6.47. The van der Waals surface area contributed by atoms with Crippen molar-refractivity contribution in [1.82, 2.24) is 9.88 Å². The van der Waals surface area contributed by atoms with Crippen LogP contribution in [0.15, 0.2) is 77.7 Å². The van der Waals surface area contributed by atoms with Crippen molar-refractivity contribution in [1.29, 1.82) is 0 Å². The van der Waals surface area contributed by atoms with Crippen LogP contribution in [-0.2, 0) is 22.0 Å². The highest BCUT2D eigenvalue weighted by atomic mass is 35.5. The van der Waals surface area contributed by atoms with E-state index in [0.717, 1.165) is 30.7 Å². The van der Waals surface area contributed by atoms with Gasteiger partial charge in [0.2, 0.25) is 5.95 Å². The van der Waals surface area contributed by atoms with Gasteiger partial charge in [-0.15, -0.1) is 0 Å². The first-order chi connectivity index (χ1) is 21.9. The van der Waals surface area contributed by atoms with Crippen molar-refractivity contribution < 1.29 is 31.1 Å². The predicted octanol–water partition coefficient (Wildman–Crippen LogP) is 6.27. The van der Waals surface area contributed by atoms with Gasteiger partial charge in [-0.05, 0) is 63.0 Å². The molecule has 1 aliphatic rings. The van der Waals surface area contributed by atoms with E-state index < -0.39 is 49.9 Å². The summed E-state index contributed by atoms with van der Waals surface area (Å²) in [4.78, 5) is 6.23. The molecule has 0 spiro atoms. The Kier molecular flexibility index (Phi) is 9.71. The summed E-state index contributed by atoms with van der Waals surface area (Å²) in [6, 6.07) is 18.9. The fraction of sp³-hybridized carbons (Fsp3) is 0.303. The fourth-order valence-electron chi connectivity index (χ4n) is 5.70. The second kappa shape index (κ2) is 13.4. The number of hydrogen-bond acceptors (Lipinski definition) is 7. The molecule has 5 rings (SSSR count). The normalized spacial score (nSPS) is 14.2. The van der Waals surface area contributed by atoms with Crippen molar-refractivity contribution in [2.75, 3.05) is 57.2 Å². The third-order valence-corrected chi connectivity index (χ3v) is 10.3. The molecule has 8 nitrogen and oxygen atoms in total. The van der Waals surface area contributed by atoms with E-state index in [-0.39, 0.29) is 22.4 Å². The minimum atomic E-state index is -5.06. The fourth-order valence-corrected chi connectivity index (χ4v) is 7.53. The number of ether oxygens (including phenoxy) is 2. The van der Waals surface area contributed by atoms with Crippen molar-refractivity contribution in [3.05, 3.63) is 107 Å². The molecular weight excluding hydrogens is 641 g/mol. The Morgan fingerprint density at radius 1 is 0.957 bits per heavy atom. The van der Waals surface area contributed by atoms with E-state index in [1.165, 1.54) is 32.4 Å². The lowest BCUT2D eigenvalue weighted by molar-refractivity contribution is 0.262. The first-order valence-corrected chi connectivity index (χ1v) is 16.2. The summed E-state index contributed by atoms with van der Waals surface area (Å²) < 4.78 is 85.9. The molecule has 1 aliphatic heterocycles. The molecule has 0 unspecified atom stereocenters. The quantitative estimate of drug-likeness (QED) is 0.130. The largest absolute Gasteiger partial charge is 0.497 e. The van der Waals surface area contributed by atoms with Gasteiger partial charge in [-0.25, -0.2) is 26.5 Å². The second-order valence-corrected chi connectivity index (χ2v) is 13.6. The highest BCUT2D eigenvalue weighted by Gasteiger charge is 2.46. The minimum Gasteiger partial charge on any atom is -0.497 e. The van der Waals surface area contributed by atoms with Crippen LogP contribution in [0.5, 0.6) is 11.5 Å². The van der Waals surface area contributed by atoms with E-state index >= 15 is 8.78 Å². The van der Waals surface area contributed by atoms with E-state index in [1.807, 2.05) is 44.4 Å². The maximum atomic E-state index is 16.1. The van der Waals surface area contributed by atoms with Crippen LogP contribution in [0.4, 0.5) is 24.7 Å². The Morgan fingerprint density at radius 3 is 2.30 bits per heavy atom. The molecule has 1 aromatic heterocycles. The zero-order valence-corrected chi connectivity index (χ0v) is 27.4. The van der Waals surface area contributed by atoms with Crippen molar-refractivity contribution >= 4 is 33.1 Å². The summed E-state index contributed by atoms with van der Waals surface area (Å²) in [5.74, 6) is -3.56. The van der Waals surface area contributed by atoms with Gasteiger partial charge < -0.3 is 19.3 Å². The number of pyridine rings is 1. The Balaban J connectivity index is 1.54. The Hall–Kier alpha value is -4.00. The average molecular weight is 675 g/mol. The van der Waals surface area contributed by atoms with Crippen LogP contribution in [0.25, 0.3) is 0 Å². The maximum absolute atomic E-state index is 16.1. The van der Waals surface area contributed by atoms with Crippen LogP contribution >= 0.6 is 11.6 Å². The van der Waals surface area contributed by atoms with Crippen LogP contribution < -0.4 is 18.7 Å². The van der Waals surface area contributed by atoms with Gasteiger partial charge in [0.05, 0.1) is 26.5 Å². The zero-order valence-electron chi connectivity index (χ0n) is 25.8. The van der Waals surface area contributed by atoms with Crippen molar-refractivity contribution in [2.24, 2.45) is 0 Å². The molecule has 1 saturated heterocycles. The van der Waals surface area contributed by atoms with Crippen LogP contribution in [0.3, 0.4) is 0 Å². The van der Waals surface area contributed by atoms with Gasteiger partial charge in [-0.3, -0.25) is 0 Å². The summed E-state index contributed by atoms with van der Waals surface area (Å²) in [5, 5.41) is -0.541. The number of hydrogen-bond donors (Lipinski definition) is 0. The lowest BCUT2D eigenvalue weighted by Crippen LogP contribution is -2.60. The number of rotatable bonds is 12. The molecule has 3 aromatic carbocycles. The topological polar surface area (TPSA) is 75.2 Å². The Labute approximate surface area is 272 Å². The second-order valence-electron chi connectivity index (χ2n) is 11.4. The summed E-state index contributed by atoms with van der Waals surface area (Å²) in [6.45, 7) is 1.11. The zero-order chi connectivity index (χ0) is 33.2. The highest BCUT2D eigenvalue weighted by Crippen LogP contribution is 2.45. The summed E-state index contributed by atoms with van der Waals surface area (Å²) in [5.41, 5.74) is 1.12. The number of sulfonamides is 1. The number of nitrogens with zero attached hydrogens (tertiary/aromatic N) is 4. The molecular formula is C33H34ClF3N4O4S. The molecule has 0 bridgehead atoms. The van der Waals surface area contributed by atoms with E-state index in [0.29, 0.717) is 23.1 Å². The van der Waals surface area contributed by atoms with E-state index in [9.17, 15) is 12.8 Å². The van der Waals surface area contributed by atoms with Crippen molar-refractivity contribution in [3.63, 3.8) is 0 Å². The van der Waals surface area contributed by atoms with Gasteiger partial charge in [0.25, 0.3) is 10.0 Å². The van der Waals surface area contributed by atoms with E-state index in [4.69, 9.17) is 21.1 Å². The molecule has 13 heteroatoms. The molecule has 0 atom stereocenters. The molecule has 1 fully saturated rings. The highest BCUT2D eigenvalue weighted by molar-refractivity contribution is 7.92. The van der Waals surface area contributed by atoms with Gasteiger partial charge >= 0.3 is 0 Å². The predicted molar refractivity (Wildman–Crippen MR) is 172 cm³/mol. The molecule has 0 saturated carbocycles. The first kappa shape index (κ1) is 33.4. The van der Waals surface area contributed by atoms with Gasteiger partial charge in [0, 0.05) is 30.1 Å². The lowest BCUT2D eigenvalue weighted by atomic mass is 9.71. The Morgan fingerprint density at radius 2 is 1.67 bits per heavy atom. The molecule has 46 heavy (non-hydrogen) atoms. The number of benzene rings is 3. The minimum absolute atomic E-state index is 0.0388. The van der Waals surface area contributed by atoms with Crippen LogP contribution in [-0.4, -0.2) is 66.3 Å². The monoisotopic (exact) mass is 674 g/mol. The first-order valence-electron chi connectivity index (χ1n) is 14.4. The van der Waals surface area contributed by atoms with Crippen molar-refractivity contribution in [2.45, 2.75) is 23.3 Å². The van der Waals surface area contributed by atoms with Gasteiger partial charge in [-0.1, -0.05) is 48.0 Å². The standard InChI is InChI=1S/C33H34ClF3N4O4S/c1-39(2)16-15-33(23-9-6-5-7-10-23)20-40(21-33)26-18-25(35)32(31(37)30(26)34)46(42,43)41(29-12-8-11-28(36)38-29)19-22-17-24(44-3)13-14-27(22)45-4/h5-14,17-18H,15-16,19-21H2,1-4H3. The number of aromatic nitrogens is 1. The maximum Gasteiger partial charge on any atom is 0.271 e. The number of halogens is 4. The number of methoxy groups -OCH3 is 2.